The van der Waals surface area contributed by atoms with Gasteiger partial charge in [-0.05, 0) is 49.0 Å². The van der Waals surface area contributed by atoms with Crippen LogP contribution in [0.2, 0.25) is 0 Å². The Morgan fingerprint density at radius 2 is 2.36 bits per heavy atom. The van der Waals surface area contributed by atoms with Crippen molar-refractivity contribution < 1.29 is 0 Å². The summed E-state index contributed by atoms with van der Waals surface area (Å²) >= 11 is 0. The first kappa shape index (κ1) is 11.0. The second-order valence-corrected chi connectivity index (χ2v) is 3.56. The number of allylic oxidation sites excluding steroid dienone is 6. The van der Waals surface area contributed by atoms with Gasteiger partial charge in [-0.3, -0.25) is 4.99 Å². The minimum atomic E-state index is 1.09. The van der Waals surface area contributed by atoms with Gasteiger partial charge in [0, 0.05) is 13.3 Å². The molecular weight excluding hydrogens is 170 g/mol. The predicted octanol–water partition coefficient (Wildman–Crippen LogP) is 3.69. The summed E-state index contributed by atoms with van der Waals surface area (Å²) < 4.78 is 0. The van der Waals surface area contributed by atoms with Gasteiger partial charge in [-0.25, -0.2) is 0 Å². The van der Waals surface area contributed by atoms with Crippen molar-refractivity contribution in [2.45, 2.75) is 33.1 Å². The second kappa shape index (κ2) is 5.58. The normalized spacial score (nSPS) is 18.4. The Morgan fingerprint density at radius 3 is 2.93 bits per heavy atom. The molecule has 1 aliphatic carbocycles. The smallest absolute Gasteiger partial charge is 0.0277 e. The van der Waals surface area contributed by atoms with Crippen LogP contribution in [0.25, 0.3) is 0 Å². The molecule has 76 valence electrons. The Labute approximate surface area is 86.9 Å². The first-order chi connectivity index (χ1) is 6.79. The Morgan fingerprint density at radius 1 is 1.57 bits per heavy atom. The van der Waals surface area contributed by atoms with Crippen molar-refractivity contribution in [1.29, 1.82) is 0 Å². The van der Waals surface area contributed by atoms with E-state index in [1.54, 1.807) is 0 Å². The monoisotopic (exact) mass is 189 g/mol. The fraction of sp³-hybridized carbons (Fsp3) is 0.462. The quantitative estimate of drug-likeness (QED) is 0.600. The largest absolute Gasteiger partial charge is 0.297 e. The van der Waals surface area contributed by atoms with Crippen molar-refractivity contribution in [2.75, 3.05) is 7.05 Å². The molecule has 0 fully saturated rings. The standard InChI is InChI=1S/C13H19N/c1-4-12(9-10-14-3)13-8-6-5-7-11(13)2/h5,7,9-10H,4,6,8H2,1-3H3/b12-9+,14-10?. The lowest BCUT2D eigenvalue weighted by Gasteiger charge is -2.15. The lowest BCUT2D eigenvalue weighted by atomic mass is 9.91. The first-order valence-electron chi connectivity index (χ1n) is 5.27. The summed E-state index contributed by atoms with van der Waals surface area (Å²) in [5.74, 6) is 0. The third-order valence-corrected chi connectivity index (χ3v) is 2.60. The number of aliphatic imine (C=N–C) groups is 1. The van der Waals surface area contributed by atoms with E-state index in [0.717, 1.165) is 6.42 Å². The van der Waals surface area contributed by atoms with Gasteiger partial charge in [0.2, 0.25) is 0 Å². The summed E-state index contributed by atoms with van der Waals surface area (Å²) in [6, 6.07) is 0. The van der Waals surface area contributed by atoms with Crippen LogP contribution in [0.4, 0.5) is 0 Å². The van der Waals surface area contributed by atoms with Gasteiger partial charge >= 0.3 is 0 Å². The minimum Gasteiger partial charge on any atom is -0.297 e. The molecule has 0 saturated heterocycles. The Kier molecular flexibility index (Phi) is 4.37. The number of hydrogen-bond donors (Lipinski definition) is 0. The molecule has 0 amide bonds. The summed E-state index contributed by atoms with van der Waals surface area (Å²) in [6.45, 7) is 4.39. The van der Waals surface area contributed by atoms with Crippen LogP contribution < -0.4 is 0 Å². The molecule has 0 heterocycles. The highest BCUT2D eigenvalue weighted by Gasteiger charge is 2.07. The highest BCUT2D eigenvalue weighted by atomic mass is 14.6. The topological polar surface area (TPSA) is 12.4 Å². The first-order valence-corrected chi connectivity index (χ1v) is 5.27. The molecular formula is C13H19N. The lowest BCUT2D eigenvalue weighted by molar-refractivity contribution is 0.920. The maximum atomic E-state index is 4.00. The molecule has 1 nitrogen and oxygen atoms in total. The predicted molar refractivity (Wildman–Crippen MR) is 63.9 cm³/mol. The van der Waals surface area contributed by atoms with Crippen molar-refractivity contribution in [3.8, 4) is 0 Å². The highest BCUT2D eigenvalue weighted by Crippen LogP contribution is 2.26. The molecule has 14 heavy (non-hydrogen) atoms. The summed E-state index contributed by atoms with van der Waals surface area (Å²) in [5, 5.41) is 0. The fourth-order valence-electron chi connectivity index (χ4n) is 1.80. The van der Waals surface area contributed by atoms with E-state index in [2.05, 4.69) is 37.1 Å². The van der Waals surface area contributed by atoms with Crippen LogP contribution in [0.5, 0.6) is 0 Å². The molecule has 0 atom stereocenters. The van der Waals surface area contributed by atoms with Crippen molar-refractivity contribution in [3.63, 3.8) is 0 Å². The molecule has 1 aliphatic rings. The van der Waals surface area contributed by atoms with Gasteiger partial charge in [0.1, 0.15) is 0 Å². The molecule has 0 radical (unpaired) electrons. The van der Waals surface area contributed by atoms with Gasteiger partial charge in [-0.1, -0.05) is 19.1 Å². The summed E-state index contributed by atoms with van der Waals surface area (Å²) in [7, 11) is 1.81. The zero-order chi connectivity index (χ0) is 10.4. The van der Waals surface area contributed by atoms with E-state index in [1.807, 2.05) is 13.3 Å². The van der Waals surface area contributed by atoms with E-state index in [0.29, 0.717) is 0 Å². The summed E-state index contributed by atoms with van der Waals surface area (Å²) in [4.78, 5) is 4.00. The van der Waals surface area contributed by atoms with Crippen LogP contribution in [0.15, 0.2) is 39.9 Å². The molecule has 1 rings (SSSR count). The minimum absolute atomic E-state index is 1.09. The van der Waals surface area contributed by atoms with Crippen LogP contribution >= 0.6 is 0 Å². The molecule has 0 bridgehead atoms. The van der Waals surface area contributed by atoms with Crippen LogP contribution in [-0.2, 0) is 0 Å². The van der Waals surface area contributed by atoms with E-state index >= 15 is 0 Å². The fourth-order valence-corrected chi connectivity index (χ4v) is 1.80. The lowest BCUT2D eigenvalue weighted by Crippen LogP contribution is -1.96. The molecule has 0 unspecified atom stereocenters. The van der Waals surface area contributed by atoms with Crippen LogP contribution in [-0.4, -0.2) is 13.3 Å². The Bertz CT molecular complexity index is 303. The maximum Gasteiger partial charge on any atom is 0.0277 e. The number of rotatable bonds is 3. The molecule has 0 saturated carbocycles. The zero-order valence-corrected chi connectivity index (χ0v) is 9.38. The van der Waals surface area contributed by atoms with Crippen LogP contribution in [0.3, 0.4) is 0 Å². The van der Waals surface area contributed by atoms with Crippen LogP contribution in [0.1, 0.15) is 33.1 Å². The number of nitrogens with zero attached hydrogens (tertiary/aromatic N) is 1. The molecule has 0 aliphatic heterocycles. The van der Waals surface area contributed by atoms with Crippen molar-refractivity contribution in [1.82, 2.24) is 0 Å². The van der Waals surface area contributed by atoms with Gasteiger partial charge in [0.25, 0.3) is 0 Å². The molecule has 0 aromatic rings. The van der Waals surface area contributed by atoms with Gasteiger partial charge in [-0.15, -0.1) is 0 Å². The molecule has 0 N–H and O–H groups in total. The molecule has 1 heteroatoms. The zero-order valence-electron chi connectivity index (χ0n) is 9.38. The summed E-state index contributed by atoms with van der Waals surface area (Å²) in [5.41, 5.74) is 4.35. The average molecular weight is 189 g/mol. The van der Waals surface area contributed by atoms with Gasteiger partial charge in [0.05, 0.1) is 0 Å². The van der Waals surface area contributed by atoms with Crippen molar-refractivity contribution >= 4 is 6.21 Å². The Balaban J connectivity index is 2.94. The molecule has 0 aromatic heterocycles. The van der Waals surface area contributed by atoms with Gasteiger partial charge < -0.3 is 0 Å². The van der Waals surface area contributed by atoms with E-state index < -0.39 is 0 Å². The molecule has 0 aromatic carbocycles. The maximum absolute atomic E-state index is 4.00. The van der Waals surface area contributed by atoms with E-state index in [-0.39, 0.29) is 0 Å². The highest BCUT2D eigenvalue weighted by molar-refractivity contribution is 5.73. The van der Waals surface area contributed by atoms with E-state index in [1.165, 1.54) is 29.6 Å². The SMILES string of the molecule is CC/C(=C\C=NC)C1=C(C)C=CCC1. The summed E-state index contributed by atoms with van der Waals surface area (Å²) in [6.07, 6.45) is 11.9. The van der Waals surface area contributed by atoms with Gasteiger partial charge in [0.15, 0.2) is 0 Å². The molecule has 0 spiro atoms. The van der Waals surface area contributed by atoms with E-state index in [4.69, 9.17) is 0 Å². The third kappa shape index (κ3) is 2.69. The van der Waals surface area contributed by atoms with Gasteiger partial charge in [-0.2, -0.15) is 0 Å². The van der Waals surface area contributed by atoms with Crippen molar-refractivity contribution in [3.05, 3.63) is 34.9 Å². The van der Waals surface area contributed by atoms with E-state index in [9.17, 15) is 0 Å². The van der Waals surface area contributed by atoms with Crippen molar-refractivity contribution in [2.24, 2.45) is 4.99 Å². The second-order valence-electron chi connectivity index (χ2n) is 3.56. The third-order valence-electron chi connectivity index (χ3n) is 2.60. The average Bonchev–Trinajstić information content (AvgIpc) is 2.21. The Hall–Kier alpha value is -1.11. The van der Waals surface area contributed by atoms with Crippen LogP contribution in [0, 0.1) is 0 Å². The number of hydrogen-bond acceptors (Lipinski definition) is 1.